The lowest BCUT2D eigenvalue weighted by atomic mass is 9.80. The third-order valence-corrected chi connectivity index (χ3v) is 12.6. The fourth-order valence-electron chi connectivity index (χ4n) is 9.68. The minimum Gasteiger partial charge on any atom is -0.399 e. The van der Waals surface area contributed by atoms with Gasteiger partial charge in [-0.15, -0.1) is 0 Å². The van der Waals surface area contributed by atoms with E-state index in [-0.39, 0.29) is 12.0 Å². The van der Waals surface area contributed by atoms with Gasteiger partial charge in [-0.05, 0) is 111 Å². The molecule has 1 aliphatic heterocycles. The molecule has 61 heavy (non-hydrogen) atoms. The van der Waals surface area contributed by atoms with Gasteiger partial charge in [0.2, 0.25) is 0 Å². The largest absolute Gasteiger partial charge is 0.399 e. The van der Waals surface area contributed by atoms with Crippen molar-refractivity contribution in [2.24, 2.45) is 0 Å². The van der Waals surface area contributed by atoms with Crippen LogP contribution in [0.25, 0.3) is 54.6 Å². The predicted octanol–water partition coefficient (Wildman–Crippen LogP) is 13.8. The average Bonchev–Trinajstić information content (AvgIpc) is 3.83. The number of aromatic nitrogens is 1. The molecule has 0 spiro atoms. The van der Waals surface area contributed by atoms with Crippen LogP contribution < -0.4 is 16.4 Å². The number of hydrogen-bond donors (Lipinski definition) is 2. The molecule has 0 saturated heterocycles. The molecule has 10 aromatic rings. The maximum absolute atomic E-state index is 6.64. The van der Waals surface area contributed by atoms with E-state index in [0.717, 1.165) is 34.4 Å². The van der Waals surface area contributed by atoms with Crippen LogP contribution in [0, 0.1) is 0 Å². The van der Waals surface area contributed by atoms with Crippen LogP contribution in [0.2, 0.25) is 0 Å². The first-order valence-corrected chi connectivity index (χ1v) is 21.0. The van der Waals surface area contributed by atoms with E-state index in [9.17, 15) is 0 Å². The fourth-order valence-corrected chi connectivity index (χ4v) is 9.68. The van der Waals surface area contributed by atoms with Crippen molar-refractivity contribution in [2.45, 2.75) is 18.4 Å². The quantitative estimate of drug-likeness (QED) is 0.171. The summed E-state index contributed by atoms with van der Waals surface area (Å²) in [5, 5.41) is 7.27. The van der Waals surface area contributed by atoms with Gasteiger partial charge in [0.15, 0.2) is 0 Å². The molecule has 0 saturated carbocycles. The Balaban J connectivity index is 0.000000332. The number of rotatable bonds is 5. The van der Waals surface area contributed by atoms with Gasteiger partial charge in [0.1, 0.15) is 0 Å². The summed E-state index contributed by atoms with van der Waals surface area (Å²) in [4.78, 5) is 2.51. The van der Waals surface area contributed by atoms with Crippen LogP contribution in [0.1, 0.15) is 28.2 Å². The minimum absolute atomic E-state index is 0.218. The molecule has 4 heteroatoms. The molecular formula is C57H44N4. The molecule has 9 aromatic carbocycles. The van der Waals surface area contributed by atoms with Crippen molar-refractivity contribution < 1.29 is 0 Å². The number of anilines is 4. The van der Waals surface area contributed by atoms with E-state index >= 15 is 0 Å². The van der Waals surface area contributed by atoms with Crippen LogP contribution in [0.4, 0.5) is 22.7 Å². The second kappa shape index (κ2) is 15.1. The number of allylic oxidation sites excluding steroid dienone is 2. The summed E-state index contributed by atoms with van der Waals surface area (Å²) in [6.45, 7) is 0. The first-order chi connectivity index (χ1) is 30.1. The van der Waals surface area contributed by atoms with Gasteiger partial charge in [0.25, 0.3) is 0 Å². The van der Waals surface area contributed by atoms with Crippen molar-refractivity contribution in [2.75, 3.05) is 16.4 Å². The number of para-hydroxylation sites is 3. The SMILES string of the molecule is Nc1c(Cc2ccc(-n3c4ccccc4c4cc(C5=CC=CC6C5c5ccccc5N6c5ccccc5)ccc43)cc2)ccc2ccccc12.Nc1ccc2ccccc2c1. The second-order valence-corrected chi connectivity index (χ2v) is 16.1. The van der Waals surface area contributed by atoms with E-state index in [0.29, 0.717) is 0 Å². The molecule has 292 valence electrons. The average molecular weight is 785 g/mol. The molecule has 0 bridgehead atoms. The van der Waals surface area contributed by atoms with Crippen molar-refractivity contribution in [1.82, 2.24) is 4.57 Å². The summed E-state index contributed by atoms with van der Waals surface area (Å²) < 4.78 is 2.41. The molecule has 4 N–H and O–H groups in total. The number of hydrogen-bond acceptors (Lipinski definition) is 3. The Labute approximate surface area is 355 Å². The number of benzene rings is 9. The highest BCUT2D eigenvalue weighted by Crippen LogP contribution is 2.52. The third kappa shape index (κ3) is 6.41. The van der Waals surface area contributed by atoms with Gasteiger partial charge in [-0.3, -0.25) is 0 Å². The Hall–Kier alpha value is -7.82. The summed E-state index contributed by atoms with van der Waals surface area (Å²) in [6.07, 6.45) is 7.74. The normalized spacial score (nSPS) is 15.4. The Morgan fingerprint density at radius 1 is 0.492 bits per heavy atom. The van der Waals surface area contributed by atoms with Crippen molar-refractivity contribution in [3.63, 3.8) is 0 Å². The Bertz CT molecular complexity index is 3320. The lowest BCUT2D eigenvalue weighted by Gasteiger charge is -2.31. The van der Waals surface area contributed by atoms with Crippen LogP contribution >= 0.6 is 0 Å². The zero-order valence-electron chi connectivity index (χ0n) is 33.7. The number of fused-ring (bicyclic) bond motifs is 8. The maximum Gasteiger partial charge on any atom is 0.0635 e. The summed E-state index contributed by atoms with van der Waals surface area (Å²) in [5.41, 5.74) is 26.5. The molecular weight excluding hydrogens is 741 g/mol. The van der Waals surface area contributed by atoms with E-state index < -0.39 is 0 Å². The lowest BCUT2D eigenvalue weighted by molar-refractivity contribution is 0.759. The van der Waals surface area contributed by atoms with E-state index in [1.807, 2.05) is 30.3 Å². The van der Waals surface area contributed by atoms with Gasteiger partial charge in [-0.25, -0.2) is 0 Å². The molecule has 4 nitrogen and oxygen atoms in total. The summed E-state index contributed by atoms with van der Waals surface area (Å²) in [7, 11) is 0. The Morgan fingerprint density at radius 2 is 1.18 bits per heavy atom. The highest BCUT2D eigenvalue weighted by molar-refractivity contribution is 6.10. The predicted molar refractivity (Wildman–Crippen MR) is 259 cm³/mol. The van der Waals surface area contributed by atoms with Crippen molar-refractivity contribution in [3.8, 4) is 5.69 Å². The van der Waals surface area contributed by atoms with Gasteiger partial charge in [-0.2, -0.15) is 0 Å². The van der Waals surface area contributed by atoms with Crippen molar-refractivity contribution in [1.29, 1.82) is 0 Å². The third-order valence-electron chi connectivity index (χ3n) is 12.6. The van der Waals surface area contributed by atoms with Gasteiger partial charge >= 0.3 is 0 Å². The minimum atomic E-state index is 0.218. The first-order valence-electron chi connectivity index (χ1n) is 21.0. The molecule has 0 amide bonds. The summed E-state index contributed by atoms with van der Waals surface area (Å²) in [6, 6.07) is 71.6. The smallest absolute Gasteiger partial charge is 0.0635 e. The number of nitrogens with zero attached hydrogens (tertiary/aromatic N) is 2. The maximum atomic E-state index is 6.64. The molecule has 2 heterocycles. The van der Waals surface area contributed by atoms with Crippen LogP contribution in [-0.2, 0) is 6.42 Å². The lowest BCUT2D eigenvalue weighted by Crippen LogP contribution is -2.29. The fraction of sp³-hybridized carbons (Fsp3) is 0.0526. The van der Waals surface area contributed by atoms with Gasteiger partial charge in [-0.1, -0.05) is 158 Å². The first kappa shape index (κ1) is 36.3. The molecule has 1 aromatic heterocycles. The van der Waals surface area contributed by atoms with E-state index in [1.54, 1.807) is 0 Å². The monoisotopic (exact) mass is 784 g/mol. The zero-order valence-corrected chi connectivity index (χ0v) is 33.7. The van der Waals surface area contributed by atoms with Crippen molar-refractivity contribution >= 4 is 71.7 Å². The Kier molecular flexibility index (Phi) is 8.97. The topological polar surface area (TPSA) is 60.2 Å². The second-order valence-electron chi connectivity index (χ2n) is 16.1. The number of nitrogens with two attached hydrogens (primary N) is 2. The van der Waals surface area contributed by atoms with Crippen LogP contribution in [0.3, 0.4) is 0 Å². The van der Waals surface area contributed by atoms with Crippen LogP contribution in [0.15, 0.2) is 218 Å². The van der Waals surface area contributed by atoms with Crippen LogP contribution in [-0.4, -0.2) is 10.6 Å². The summed E-state index contributed by atoms with van der Waals surface area (Å²) >= 11 is 0. The molecule has 2 aliphatic rings. The summed E-state index contributed by atoms with van der Waals surface area (Å²) in [5.74, 6) is 0.242. The molecule has 2 atom stereocenters. The zero-order chi connectivity index (χ0) is 40.9. The van der Waals surface area contributed by atoms with Gasteiger partial charge in [0, 0.05) is 50.5 Å². The molecule has 1 aliphatic carbocycles. The van der Waals surface area contributed by atoms with E-state index in [2.05, 4.69) is 198 Å². The Morgan fingerprint density at radius 3 is 2.03 bits per heavy atom. The highest BCUT2D eigenvalue weighted by Gasteiger charge is 2.41. The van der Waals surface area contributed by atoms with E-state index in [4.69, 9.17) is 11.5 Å². The van der Waals surface area contributed by atoms with E-state index in [1.165, 1.54) is 71.6 Å². The molecule has 0 radical (unpaired) electrons. The highest BCUT2D eigenvalue weighted by atomic mass is 15.2. The van der Waals surface area contributed by atoms with Gasteiger partial charge in [0.05, 0.1) is 17.1 Å². The molecule has 2 unspecified atom stereocenters. The molecule has 0 fully saturated rings. The van der Waals surface area contributed by atoms with Gasteiger partial charge < -0.3 is 20.9 Å². The van der Waals surface area contributed by atoms with Crippen LogP contribution in [0.5, 0.6) is 0 Å². The molecule has 12 rings (SSSR count). The standard InChI is InChI=1S/C47H35N3.C10H9N/c48-47-34(24-23-32-11-4-5-14-38(32)47)29-31-21-26-36(27-22-31)49-42-18-8-6-15-39(42)41-30-33(25-28-44(41)49)37-17-10-20-45-46(37)40-16-7-9-19-43(40)50(45)35-12-2-1-3-13-35;11-10-6-5-8-3-1-2-4-9(8)7-10/h1-28,30,45-46H,29,48H2;1-7H,11H2. The number of nitrogen functional groups attached to an aromatic ring is 2. The van der Waals surface area contributed by atoms with Crippen molar-refractivity contribution in [3.05, 3.63) is 241 Å².